The van der Waals surface area contributed by atoms with Gasteiger partial charge in [-0.25, -0.2) is 4.79 Å². The molecule has 1 heterocycles. The molecule has 2 aliphatic rings. The van der Waals surface area contributed by atoms with Crippen molar-refractivity contribution in [1.82, 2.24) is 10.2 Å². The van der Waals surface area contributed by atoms with Crippen molar-refractivity contribution in [3.05, 3.63) is 29.8 Å². The first-order valence-electron chi connectivity index (χ1n) is 9.10. The summed E-state index contributed by atoms with van der Waals surface area (Å²) in [5, 5.41) is 5.12. The van der Waals surface area contributed by atoms with Crippen molar-refractivity contribution in [2.45, 2.75) is 45.3 Å². The Balaban J connectivity index is 1.51. The second-order valence-electron chi connectivity index (χ2n) is 7.09. The highest BCUT2D eigenvalue weighted by molar-refractivity contribution is 6.06. The highest BCUT2D eigenvalue weighted by atomic mass is 16.5. The SMILES string of the molecule is C[C@H]1CCC[C@@H](OCc2cccc(NC(=O)CN3C(=O)CNC3=O)c2)C1. The van der Waals surface area contributed by atoms with Gasteiger partial charge in [0.2, 0.25) is 5.91 Å². The fraction of sp³-hybridized carbons (Fsp3) is 0.526. The summed E-state index contributed by atoms with van der Waals surface area (Å²) in [6.07, 6.45) is 5.00. The van der Waals surface area contributed by atoms with Crippen molar-refractivity contribution in [2.75, 3.05) is 18.4 Å². The first kappa shape index (κ1) is 18.4. The van der Waals surface area contributed by atoms with Crippen LogP contribution in [0.1, 0.15) is 38.2 Å². The quantitative estimate of drug-likeness (QED) is 0.763. The number of rotatable bonds is 6. The van der Waals surface area contributed by atoms with Crippen LogP contribution < -0.4 is 10.6 Å². The van der Waals surface area contributed by atoms with Crippen LogP contribution in [0.3, 0.4) is 0 Å². The zero-order chi connectivity index (χ0) is 18.5. The minimum Gasteiger partial charge on any atom is -0.374 e. The second-order valence-corrected chi connectivity index (χ2v) is 7.09. The molecular formula is C19H25N3O4. The molecule has 1 aromatic rings. The Bertz CT molecular complexity index is 675. The largest absolute Gasteiger partial charge is 0.374 e. The van der Waals surface area contributed by atoms with Crippen molar-refractivity contribution in [3.63, 3.8) is 0 Å². The van der Waals surface area contributed by atoms with E-state index in [1.54, 1.807) is 6.07 Å². The summed E-state index contributed by atoms with van der Waals surface area (Å²) < 4.78 is 6.02. The summed E-state index contributed by atoms with van der Waals surface area (Å²) in [5.74, 6) is -0.0894. The molecule has 1 aromatic carbocycles. The molecule has 7 heteroatoms. The first-order valence-corrected chi connectivity index (χ1v) is 9.10. The molecule has 2 N–H and O–H groups in total. The Kier molecular flexibility index (Phi) is 5.88. The Hall–Kier alpha value is -2.41. The number of imide groups is 1. The van der Waals surface area contributed by atoms with E-state index < -0.39 is 17.8 Å². The number of anilines is 1. The molecule has 1 aliphatic carbocycles. The van der Waals surface area contributed by atoms with E-state index in [0.717, 1.165) is 23.3 Å². The van der Waals surface area contributed by atoms with E-state index in [1.165, 1.54) is 12.8 Å². The van der Waals surface area contributed by atoms with Gasteiger partial charge >= 0.3 is 6.03 Å². The molecule has 140 valence electrons. The average Bonchev–Trinajstić information content (AvgIpc) is 2.92. The Morgan fingerprint density at radius 1 is 1.35 bits per heavy atom. The summed E-state index contributed by atoms with van der Waals surface area (Å²) in [7, 11) is 0. The van der Waals surface area contributed by atoms with Gasteiger partial charge in [-0.3, -0.25) is 14.5 Å². The molecule has 1 saturated heterocycles. The fourth-order valence-corrected chi connectivity index (χ4v) is 3.44. The lowest BCUT2D eigenvalue weighted by molar-refractivity contribution is -0.128. The molecule has 1 saturated carbocycles. The predicted molar refractivity (Wildman–Crippen MR) is 96.4 cm³/mol. The van der Waals surface area contributed by atoms with Gasteiger partial charge in [-0.15, -0.1) is 0 Å². The molecule has 0 unspecified atom stereocenters. The van der Waals surface area contributed by atoms with Crippen LogP contribution in [-0.2, 0) is 20.9 Å². The topological polar surface area (TPSA) is 87.7 Å². The Morgan fingerprint density at radius 3 is 2.92 bits per heavy atom. The van der Waals surface area contributed by atoms with E-state index in [0.29, 0.717) is 24.3 Å². The number of hydrogen-bond acceptors (Lipinski definition) is 4. The number of nitrogens with zero attached hydrogens (tertiary/aromatic N) is 1. The molecule has 26 heavy (non-hydrogen) atoms. The summed E-state index contributed by atoms with van der Waals surface area (Å²) in [5.41, 5.74) is 1.61. The van der Waals surface area contributed by atoms with Crippen LogP contribution in [0.15, 0.2) is 24.3 Å². The maximum Gasteiger partial charge on any atom is 0.325 e. The van der Waals surface area contributed by atoms with Gasteiger partial charge < -0.3 is 15.4 Å². The molecule has 1 aliphatic heterocycles. The minimum absolute atomic E-state index is 0.0568. The predicted octanol–water partition coefficient (Wildman–Crippen LogP) is 2.27. The third kappa shape index (κ3) is 4.82. The normalized spacial score (nSPS) is 23.0. The van der Waals surface area contributed by atoms with E-state index in [1.807, 2.05) is 18.2 Å². The molecule has 0 aromatic heterocycles. The van der Waals surface area contributed by atoms with Crippen LogP contribution in [0, 0.1) is 5.92 Å². The van der Waals surface area contributed by atoms with Crippen LogP contribution in [-0.4, -0.2) is 41.9 Å². The molecule has 0 bridgehead atoms. The first-order chi connectivity index (χ1) is 12.5. The summed E-state index contributed by atoms with van der Waals surface area (Å²) in [4.78, 5) is 36.0. The lowest BCUT2D eigenvalue weighted by Crippen LogP contribution is -2.38. The van der Waals surface area contributed by atoms with Crippen molar-refractivity contribution >= 4 is 23.5 Å². The van der Waals surface area contributed by atoms with Gasteiger partial charge in [-0.2, -0.15) is 0 Å². The summed E-state index contributed by atoms with van der Waals surface area (Å²) in [6, 6.07) is 6.91. The van der Waals surface area contributed by atoms with Gasteiger partial charge in [0, 0.05) is 5.69 Å². The fourth-order valence-electron chi connectivity index (χ4n) is 3.44. The molecule has 0 radical (unpaired) electrons. The van der Waals surface area contributed by atoms with Gasteiger partial charge in [-0.1, -0.05) is 31.9 Å². The lowest BCUT2D eigenvalue weighted by atomic mass is 9.89. The van der Waals surface area contributed by atoms with Crippen LogP contribution >= 0.6 is 0 Å². The number of urea groups is 1. The van der Waals surface area contributed by atoms with Gasteiger partial charge in [-0.05, 0) is 36.5 Å². The van der Waals surface area contributed by atoms with E-state index in [9.17, 15) is 14.4 Å². The number of hydrogen-bond donors (Lipinski definition) is 2. The van der Waals surface area contributed by atoms with E-state index in [4.69, 9.17) is 4.74 Å². The minimum atomic E-state index is -0.533. The van der Waals surface area contributed by atoms with Crippen LogP contribution in [0.25, 0.3) is 0 Å². The van der Waals surface area contributed by atoms with Gasteiger partial charge in [0.1, 0.15) is 6.54 Å². The van der Waals surface area contributed by atoms with Crippen LogP contribution in [0.4, 0.5) is 10.5 Å². The third-order valence-corrected chi connectivity index (χ3v) is 4.82. The third-order valence-electron chi connectivity index (χ3n) is 4.82. The smallest absolute Gasteiger partial charge is 0.325 e. The lowest BCUT2D eigenvalue weighted by Gasteiger charge is -2.26. The van der Waals surface area contributed by atoms with Crippen molar-refractivity contribution in [2.24, 2.45) is 5.92 Å². The molecular weight excluding hydrogens is 334 g/mol. The Labute approximate surface area is 153 Å². The second kappa shape index (κ2) is 8.31. The Morgan fingerprint density at radius 2 is 2.19 bits per heavy atom. The van der Waals surface area contributed by atoms with Crippen molar-refractivity contribution < 1.29 is 19.1 Å². The monoisotopic (exact) mass is 359 g/mol. The van der Waals surface area contributed by atoms with E-state index in [-0.39, 0.29) is 13.1 Å². The number of ether oxygens (including phenoxy) is 1. The van der Waals surface area contributed by atoms with Crippen molar-refractivity contribution in [1.29, 1.82) is 0 Å². The number of amides is 4. The maximum absolute atomic E-state index is 12.1. The summed E-state index contributed by atoms with van der Waals surface area (Å²) in [6.45, 7) is 2.43. The zero-order valence-electron chi connectivity index (χ0n) is 15.0. The number of nitrogens with one attached hydrogen (secondary N) is 2. The highest BCUT2D eigenvalue weighted by Crippen LogP contribution is 2.26. The number of carbonyl (C=O) groups excluding carboxylic acids is 3. The highest BCUT2D eigenvalue weighted by Gasteiger charge is 2.30. The van der Waals surface area contributed by atoms with Gasteiger partial charge in [0.15, 0.2) is 0 Å². The van der Waals surface area contributed by atoms with Gasteiger partial charge in [0.25, 0.3) is 5.91 Å². The molecule has 2 atom stereocenters. The average molecular weight is 359 g/mol. The van der Waals surface area contributed by atoms with Crippen LogP contribution in [0.2, 0.25) is 0 Å². The molecule has 4 amide bonds. The summed E-state index contributed by atoms with van der Waals surface area (Å²) >= 11 is 0. The van der Waals surface area contributed by atoms with E-state index >= 15 is 0 Å². The van der Waals surface area contributed by atoms with Gasteiger partial charge in [0.05, 0.1) is 19.3 Å². The van der Waals surface area contributed by atoms with E-state index in [2.05, 4.69) is 17.6 Å². The molecule has 0 spiro atoms. The number of benzene rings is 1. The van der Waals surface area contributed by atoms with Crippen LogP contribution in [0.5, 0.6) is 0 Å². The maximum atomic E-state index is 12.1. The van der Waals surface area contributed by atoms with Crippen molar-refractivity contribution in [3.8, 4) is 0 Å². The number of carbonyl (C=O) groups is 3. The molecule has 7 nitrogen and oxygen atoms in total. The molecule has 2 fully saturated rings. The molecule has 3 rings (SSSR count). The zero-order valence-corrected chi connectivity index (χ0v) is 15.0. The standard InChI is InChI=1S/C19H25N3O4/c1-13-4-2-7-16(8-13)26-12-14-5-3-6-15(9-14)21-17(23)11-22-18(24)10-20-19(22)25/h3,5-6,9,13,16H,2,4,7-8,10-12H2,1H3,(H,20,25)(H,21,23)/t13-,16+/m0/s1.